The first-order chi connectivity index (χ1) is 14.5. The Balaban J connectivity index is 1.71. The number of phenolic OH excluding ortho intramolecular Hbond substituents is 1. The van der Waals surface area contributed by atoms with Crippen molar-refractivity contribution in [1.82, 2.24) is 4.90 Å². The van der Waals surface area contributed by atoms with E-state index in [1.807, 2.05) is 36.4 Å². The average Bonchev–Trinajstić information content (AvgIpc) is 2.77. The van der Waals surface area contributed by atoms with E-state index >= 15 is 0 Å². The highest BCUT2D eigenvalue weighted by atomic mass is 16.3. The van der Waals surface area contributed by atoms with Gasteiger partial charge in [-0.1, -0.05) is 48.5 Å². The SMILES string of the molecule is CN(C)C(=O)/C=C/c1ccc(C2c3ccc(O)cc3CCN2c2ccccc2)cc1. The number of aromatic hydroxyl groups is 1. The van der Waals surface area contributed by atoms with Gasteiger partial charge in [-0.2, -0.15) is 0 Å². The van der Waals surface area contributed by atoms with E-state index in [0.29, 0.717) is 5.75 Å². The second kappa shape index (κ2) is 8.46. The number of anilines is 1. The molecule has 0 aliphatic carbocycles. The van der Waals surface area contributed by atoms with Crippen LogP contribution in [0.25, 0.3) is 6.08 Å². The molecule has 30 heavy (non-hydrogen) atoms. The number of phenols is 1. The summed E-state index contributed by atoms with van der Waals surface area (Å²) < 4.78 is 0. The molecule has 0 radical (unpaired) electrons. The molecule has 4 rings (SSSR count). The smallest absolute Gasteiger partial charge is 0.246 e. The second-order valence-electron chi connectivity index (χ2n) is 7.80. The Labute approximate surface area is 177 Å². The van der Waals surface area contributed by atoms with Gasteiger partial charge in [0.2, 0.25) is 5.91 Å². The Morgan fingerprint density at radius 1 is 1.03 bits per heavy atom. The van der Waals surface area contributed by atoms with E-state index in [2.05, 4.69) is 41.3 Å². The summed E-state index contributed by atoms with van der Waals surface area (Å²) in [4.78, 5) is 15.8. The number of rotatable bonds is 4. The van der Waals surface area contributed by atoms with Crippen molar-refractivity contribution in [3.8, 4) is 5.75 Å². The maximum absolute atomic E-state index is 11.8. The standard InChI is InChI=1S/C26H26N2O2/c1-27(2)25(30)15-10-19-8-11-20(12-9-19)26-24-14-13-23(29)18-21(24)16-17-28(26)22-6-4-3-5-7-22/h3-15,18,26,29H,16-17H2,1-2H3/b15-10+. The van der Waals surface area contributed by atoms with Crippen LogP contribution in [0.3, 0.4) is 0 Å². The topological polar surface area (TPSA) is 43.8 Å². The van der Waals surface area contributed by atoms with Crippen LogP contribution in [0.2, 0.25) is 0 Å². The molecule has 1 unspecified atom stereocenters. The number of amides is 1. The van der Waals surface area contributed by atoms with Gasteiger partial charge in [0, 0.05) is 32.4 Å². The molecule has 0 aromatic heterocycles. The van der Waals surface area contributed by atoms with Crippen molar-refractivity contribution in [2.24, 2.45) is 0 Å². The van der Waals surface area contributed by atoms with Crippen molar-refractivity contribution >= 4 is 17.7 Å². The summed E-state index contributed by atoms with van der Waals surface area (Å²) >= 11 is 0. The molecule has 3 aromatic rings. The van der Waals surface area contributed by atoms with Crippen LogP contribution in [0.1, 0.15) is 28.3 Å². The Morgan fingerprint density at radius 2 is 1.77 bits per heavy atom. The average molecular weight is 399 g/mol. The van der Waals surface area contributed by atoms with Crippen molar-refractivity contribution in [3.63, 3.8) is 0 Å². The number of hydrogen-bond acceptors (Lipinski definition) is 3. The fraction of sp³-hybridized carbons (Fsp3) is 0.192. The zero-order chi connectivity index (χ0) is 21.1. The first kappa shape index (κ1) is 19.8. The normalized spacial score (nSPS) is 15.8. The monoisotopic (exact) mass is 398 g/mol. The van der Waals surface area contributed by atoms with Crippen LogP contribution in [0.5, 0.6) is 5.75 Å². The molecule has 0 saturated carbocycles. The summed E-state index contributed by atoms with van der Waals surface area (Å²) in [5, 5.41) is 9.96. The second-order valence-corrected chi connectivity index (χ2v) is 7.80. The fourth-order valence-electron chi connectivity index (χ4n) is 3.98. The third kappa shape index (κ3) is 4.08. The number of hydrogen-bond donors (Lipinski definition) is 1. The van der Waals surface area contributed by atoms with Crippen molar-refractivity contribution < 1.29 is 9.90 Å². The van der Waals surface area contributed by atoms with E-state index in [0.717, 1.165) is 18.5 Å². The Bertz CT molecular complexity index is 1060. The Kier molecular flexibility index (Phi) is 5.57. The molecule has 4 heteroatoms. The first-order valence-corrected chi connectivity index (χ1v) is 10.2. The minimum absolute atomic E-state index is 0.0321. The van der Waals surface area contributed by atoms with Crippen LogP contribution >= 0.6 is 0 Å². The van der Waals surface area contributed by atoms with Crippen molar-refractivity contribution in [1.29, 1.82) is 0 Å². The summed E-state index contributed by atoms with van der Waals surface area (Å²) in [6, 6.07) is 24.5. The van der Waals surface area contributed by atoms with Crippen LogP contribution in [-0.2, 0) is 11.2 Å². The molecule has 1 aliphatic rings. The zero-order valence-electron chi connectivity index (χ0n) is 17.3. The summed E-state index contributed by atoms with van der Waals surface area (Å²) in [6.45, 7) is 0.879. The molecular formula is C26H26N2O2. The summed E-state index contributed by atoms with van der Waals surface area (Å²) in [7, 11) is 3.48. The van der Waals surface area contributed by atoms with E-state index in [9.17, 15) is 9.90 Å². The molecule has 1 amide bonds. The van der Waals surface area contributed by atoms with Gasteiger partial charge in [0.15, 0.2) is 0 Å². The number of likely N-dealkylation sites (N-methyl/N-ethyl adjacent to an activating group) is 1. The quantitative estimate of drug-likeness (QED) is 0.651. The maximum atomic E-state index is 11.8. The first-order valence-electron chi connectivity index (χ1n) is 10.2. The lowest BCUT2D eigenvalue weighted by Gasteiger charge is -2.39. The van der Waals surface area contributed by atoms with Gasteiger partial charge in [-0.15, -0.1) is 0 Å². The summed E-state index contributed by atoms with van der Waals surface area (Å²) in [5.74, 6) is 0.280. The van der Waals surface area contributed by atoms with Gasteiger partial charge in [0.1, 0.15) is 5.75 Å². The lowest BCUT2D eigenvalue weighted by molar-refractivity contribution is -0.123. The highest BCUT2D eigenvalue weighted by Crippen LogP contribution is 2.39. The van der Waals surface area contributed by atoms with Gasteiger partial charge in [-0.05, 0) is 59.0 Å². The highest BCUT2D eigenvalue weighted by molar-refractivity contribution is 5.91. The van der Waals surface area contributed by atoms with Gasteiger partial charge >= 0.3 is 0 Å². The van der Waals surface area contributed by atoms with Crippen LogP contribution in [0, 0.1) is 0 Å². The molecule has 0 spiro atoms. The van der Waals surface area contributed by atoms with Gasteiger partial charge in [-0.3, -0.25) is 4.79 Å². The zero-order valence-corrected chi connectivity index (χ0v) is 17.3. The third-order valence-corrected chi connectivity index (χ3v) is 5.55. The molecule has 4 nitrogen and oxygen atoms in total. The number of nitrogens with zero attached hydrogens (tertiary/aromatic N) is 2. The molecule has 1 heterocycles. The molecule has 0 bridgehead atoms. The maximum Gasteiger partial charge on any atom is 0.246 e. The summed E-state index contributed by atoms with van der Waals surface area (Å²) in [5.41, 5.74) is 5.76. The minimum Gasteiger partial charge on any atom is -0.508 e. The molecule has 1 atom stereocenters. The molecule has 0 saturated heterocycles. The number of fused-ring (bicyclic) bond motifs is 1. The lowest BCUT2D eigenvalue weighted by atomic mass is 9.87. The highest BCUT2D eigenvalue weighted by Gasteiger charge is 2.29. The molecule has 0 fully saturated rings. The third-order valence-electron chi connectivity index (χ3n) is 5.55. The van der Waals surface area contributed by atoms with Gasteiger partial charge < -0.3 is 14.9 Å². The van der Waals surface area contributed by atoms with Crippen molar-refractivity contribution in [2.75, 3.05) is 25.5 Å². The molecule has 152 valence electrons. The number of para-hydroxylation sites is 1. The lowest BCUT2D eigenvalue weighted by Crippen LogP contribution is -2.36. The van der Waals surface area contributed by atoms with Crippen LogP contribution in [-0.4, -0.2) is 36.6 Å². The van der Waals surface area contributed by atoms with Crippen molar-refractivity contribution in [3.05, 3.63) is 101 Å². The van der Waals surface area contributed by atoms with Crippen LogP contribution < -0.4 is 4.90 Å². The predicted octanol–water partition coefficient (Wildman–Crippen LogP) is 4.65. The fourth-order valence-corrected chi connectivity index (χ4v) is 3.98. The van der Waals surface area contributed by atoms with Gasteiger partial charge in [0.05, 0.1) is 6.04 Å². The molecule has 3 aromatic carbocycles. The van der Waals surface area contributed by atoms with E-state index < -0.39 is 0 Å². The molecular weight excluding hydrogens is 372 g/mol. The Morgan fingerprint density at radius 3 is 2.47 bits per heavy atom. The van der Waals surface area contributed by atoms with Crippen molar-refractivity contribution in [2.45, 2.75) is 12.5 Å². The summed E-state index contributed by atoms with van der Waals surface area (Å²) in [6.07, 6.45) is 4.32. The number of benzene rings is 3. The minimum atomic E-state index is -0.0321. The Hall–Kier alpha value is -3.53. The van der Waals surface area contributed by atoms with E-state index in [1.165, 1.54) is 22.4 Å². The predicted molar refractivity (Wildman–Crippen MR) is 122 cm³/mol. The van der Waals surface area contributed by atoms with Gasteiger partial charge in [0.25, 0.3) is 0 Å². The van der Waals surface area contributed by atoms with Gasteiger partial charge in [-0.25, -0.2) is 0 Å². The number of carbonyl (C=O) groups is 1. The largest absolute Gasteiger partial charge is 0.508 e. The van der Waals surface area contributed by atoms with Crippen LogP contribution in [0.4, 0.5) is 5.69 Å². The molecule has 1 aliphatic heterocycles. The van der Waals surface area contributed by atoms with E-state index in [-0.39, 0.29) is 11.9 Å². The number of carbonyl (C=O) groups excluding carboxylic acids is 1. The van der Waals surface area contributed by atoms with E-state index in [1.54, 1.807) is 31.1 Å². The molecule has 1 N–H and O–H groups in total. The van der Waals surface area contributed by atoms with E-state index in [4.69, 9.17) is 0 Å². The van der Waals surface area contributed by atoms with Crippen LogP contribution in [0.15, 0.2) is 78.9 Å².